The number of hydrogen-bond acceptors (Lipinski definition) is 1. The summed E-state index contributed by atoms with van der Waals surface area (Å²) in [6.07, 6.45) is 3.92. The van der Waals surface area contributed by atoms with Crippen LogP contribution in [0.25, 0.3) is 21.8 Å². The molecule has 17 heavy (non-hydrogen) atoms. The minimum Gasteiger partial charge on any atom is -0.370 e. The fraction of sp³-hybridized carbons (Fsp3) is 0. The Labute approximate surface area is 98.0 Å². The van der Waals surface area contributed by atoms with Gasteiger partial charge in [-0.05, 0) is 24.3 Å². The van der Waals surface area contributed by atoms with Crippen LogP contribution in [0.3, 0.4) is 0 Å². The van der Waals surface area contributed by atoms with Gasteiger partial charge in [-0.1, -0.05) is 0 Å². The van der Waals surface area contributed by atoms with E-state index < -0.39 is 0 Å². The molecule has 3 rings (SSSR count). The number of benzene rings is 1. The van der Waals surface area contributed by atoms with Crippen molar-refractivity contribution in [2.75, 3.05) is 0 Å². The van der Waals surface area contributed by atoms with Crippen molar-refractivity contribution >= 4 is 27.8 Å². The summed E-state index contributed by atoms with van der Waals surface area (Å²) in [5, 5.41) is 8.55. The summed E-state index contributed by atoms with van der Waals surface area (Å²) in [6, 6.07) is 10.4. The number of H-pyrrole nitrogens is 2. The van der Waals surface area contributed by atoms with Crippen LogP contribution < -0.4 is 16.5 Å². The first kappa shape index (κ1) is 10.9. The van der Waals surface area contributed by atoms with E-state index in [1.165, 1.54) is 21.8 Å². The lowest BCUT2D eigenvalue weighted by Crippen LogP contribution is -2.20. The smallest absolute Gasteiger partial charge is 0.220 e. The van der Waals surface area contributed by atoms with E-state index in [4.69, 9.17) is 5.41 Å². The van der Waals surface area contributed by atoms with Crippen LogP contribution in [0.2, 0.25) is 0 Å². The molecule has 0 spiro atoms. The average molecular weight is 228 g/mol. The van der Waals surface area contributed by atoms with Gasteiger partial charge in [-0.15, -0.1) is 0 Å². The van der Waals surface area contributed by atoms with Crippen molar-refractivity contribution in [3.8, 4) is 0 Å². The van der Waals surface area contributed by atoms with Crippen molar-refractivity contribution in [3.05, 3.63) is 42.7 Å². The Kier molecular flexibility index (Phi) is 2.91. The summed E-state index contributed by atoms with van der Waals surface area (Å²) >= 11 is 0. The van der Waals surface area contributed by atoms with Gasteiger partial charge in [0.25, 0.3) is 0 Å². The first-order chi connectivity index (χ1) is 8.18. The molecule has 0 fully saturated rings. The number of pyridine rings is 1. The molecule has 1 aromatic carbocycles. The number of aromatic amines is 2. The third kappa shape index (κ3) is 2.34. The first-order valence-corrected chi connectivity index (χ1v) is 5.14. The van der Waals surface area contributed by atoms with Gasteiger partial charge >= 0.3 is 0 Å². The van der Waals surface area contributed by atoms with Crippen molar-refractivity contribution in [1.82, 2.24) is 4.98 Å². The summed E-state index contributed by atoms with van der Waals surface area (Å²) < 4.78 is 0. The molecule has 86 valence electrons. The topological polar surface area (TPSA) is 106 Å². The molecule has 0 atom stereocenters. The van der Waals surface area contributed by atoms with Crippen LogP contribution in [-0.2, 0) is 0 Å². The van der Waals surface area contributed by atoms with E-state index in [0.717, 1.165) is 0 Å². The Morgan fingerprint density at radius 2 is 1.94 bits per heavy atom. The first-order valence-electron chi connectivity index (χ1n) is 5.14. The van der Waals surface area contributed by atoms with Crippen LogP contribution in [0, 0.1) is 5.41 Å². The zero-order chi connectivity index (χ0) is 12.3. The molecule has 0 aliphatic rings. The second kappa shape index (κ2) is 4.52. The number of hydrogen-bond donors (Lipinski definition) is 4. The van der Waals surface area contributed by atoms with Gasteiger partial charge in [0.05, 0.1) is 10.9 Å². The quantitative estimate of drug-likeness (QED) is 0.340. The zero-order valence-corrected chi connectivity index (χ0v) is 9.20. The fourth-order valence-corrected chi connectivity index (χ4v) is 1.73. The summed E-state index contributed by atoms with van der Waals surface area (Å²) in [7, 11) is 0. The third-order valence-electron chi connectivity index (χ3n) is 2.37. The van der Waals surface area contributed by atoms with E-state index in [-0.39, 0.29) is 5.96 Å². The van der Waals surface area contributed by atoms with E-state index >= 15 is 0 Å². The van der Waals surface area contributed by atoms with Gasteiger partial charge in [-0.2, -0.15) is 0 Å². The summed E-state index contributed by atoms with van der Waals surface area (Å²) in [5.41, 5.74) is 11.3. The highest BCUT2D eigenvalue weighted by Gasteiger charge is 2.04. The molecule has 2 heterocycles. The van der Waals surface area contributed by atoms with Crippen molar-refractivity contribution < 1.29 is 4.98 Å². The molecule has 0 aliphatic carbocycles. The highest BCUT2D eigenvalue weighted by molar-refractivity contribution is 6.01. The molecule has 2 aromatic heterocycles. The Morgan fingerprint density at radius 1 is 1.18 bits per heavy atom. The van der Waals surface area contributed by atoms with Gasteiger partial charge in [0.1, 0.15) is 0 Å². The molecular formula is C12H14N5+. The molecular weight excluding hydrogens is 214 g/mol. The third-order valence-corrected chi connectivity index (χ3v) is 2.37. The highest BCUT2D eigenvalue weighted by atomic mass is 14.9. The van der Waals surface area contributed by atoms with Gasteiger partial charge < -0.3 is 16.5 Å². The van der Waals surface area contributed by atoms with Gasteiger partial charge in [-0.25, -0.2) is 4.98 Å². The lowest BCUT2D eigenvalue weighted by atomic mass is 10.1. The molecule has 0 amide bonds. The number of nitrogens with two attached hydrogens (primary N) is 2. The maximum atomic E-state index is 6.06. The van der Waals surface area contributed by atoms with E-state index in [0.29, 0.717) is 0 Å². The lowest BCUT2D eigenvalue weighted by Gasteiger charge is -1.91. The Balaban J connectivity index is 0.000000239. The molecule has 0 radical (unpaired) electrons. The fourth-order valence-electron chi connectivity index (χ4n) is 1.73. The van der Waals surface area contributed by atoms with Crippen LogP contribution in [0.15, 0.2) is 42.7 Å². The van der Waals surface area contributed by atoms with Crippen LogP contribution >= 0.6 is 0 Å². The molecule has 0 aliphatic heterocycles. The zero-order valence-electron chi connectivity index (χ0n) is 9.20. The maximum Gasteiger partial charge on any atom is 0.220 e. The second-order valence-electron chi connectivity index (χ2n) is 3.59. The van der Waals surface area contributed by atoms with Gasteiger partial charge in [0, 0.05) is 17.6 Å². The molecule has 0 saturated heterocycles. The molecule has 0 unspecified atom stereocenters. The van der Waals surface area contributed by atoms with Crippen molar-refractivity contribution in [2.45, 2.75) is 0 Å². The van der Waals surface area contributed by atoms with Crippen LogP contribution in [0.5, 0.6) is 0 Å². The predicted octanol–water partition coefficient (Wildman–Crippen LogP) is 0.974. The Hall–Kier alpha value is -2.56. The molecule has 5 nitrogen and oxygen atoms in total. The Bertz CT molecular complexity index is 652. The van der Waals surface area contributed by atoms with Crippen LogP contribution in [-0.4, -0.2) is 10.9 Å². The largest absolute Gasteiger partial charge is 0.370 e. The highest BCUT2D eigenvalue weighted by Crippen LogP contribution is 2.19. The second-order valence-corrected chi connectivity index (χ2v) is 3.59. The van der Waals surface area contributed by atoms with Crippen molar-refractivity contribution in [2.24, 2.45) is 11.5 Å². The number of nitrogens with one attached hydrogen (secondary N) is 3. The predicted molar refractivity (Wildman–Crippen MR) is 68.5 cm³/mol. The Morgan fingerprint density at radius 3 is 2.71 bits per heavy atom. The standard InChI is InChI=1S/C11H8N2.CH5N3/c1-2-8-3-4-10-9(5-7-12-10)11(8)13-6-1;2-1(3)4/h1-7,12H;(H5,2,3,4)/p+1. The van der Waals surface area contributed by atoms with Crippen molar-refractivity contribution in [1.29, 1.82) is 5.41 Å². The summed E-state index contributed by atoms with van der Waals surface area (Å²) in [6.45, 7) is 0. The van der Waals surface area contributed by atoms with E-state index in [9.17, 15) is 0 Å². The molecule has 3 aromatic rings. The molecule has 7 N–H and O–H groups in total. The SMILES string of the molecule is N=C(N)N.c1c[nH+]c2c(c1)ccc1[nH]ccc12. The maximum absolute atomic E-state index is 6.06. The molecule has 5 heteroatoms. The minimum atomic E-state index is -0.333. The van der Waals surface area contributed by atoms with Gasteiger partial charge in [0.15, 0.2) is 12.2 Å². The average Bonchev–Trinajstić information content (AvgIpc) is 2.76. The monoisotopic (exact) mass is 228 g/mol. The van der Waals surface area contributed by atoms with Crippen molar-refractivity contribution in [3.63, 3.8) is 0 Å². The van der Waals surface area contributed by atoms with E-state index in [1.54, 1.807) is 0 Å². The number of guanidine groups is 1. The summed E-state index contributed by atoms with van der Waals surface area (Å²) in [5.74, 6) is -0.333. The summed E-state index contributed by atoms with van der Waals surface area (Å²) in [4.78, 5) is 6.45. The number of fused-ring (bicyclic) bond motifs is 3. The van der Waals surface area contributed by atoms with Gasteiger partial charge in [-0.3, -0.25) is 5.41 Å². The molecule has 0 saturated carbocycles. The number of rotatable bonds is 0. The minimum absolute atomic E-state index is 0.333. The lowest BCUT2D eigenvalue weighted by molar-refractivity contribution is -0.343. The van der Waals surface area contributed by atoms with E-state index in [1.807, 2.05) is 18.5 Å². The number of aromatic nitrogens is 2. The van der Waals surface area contributed by atoms with E-state index in [2.05, 4.69) is 45.7 Å². The van der Waals surface area contributed by atoms with Gasteiger partial charge in [0.2, 0.25) is 5.52 Å². The van der Waals surface area contributed by atoms with Crippen LogP contribution in [0.4, 0.5) is 0 Å². The molecule has 0 bridgehead atoms. The van der Waals surface area contributed by atoms with Crippen LogP contribution in [0.1, 0.15) is 0 Å². The normalized spacial score (nSPS) is 9.88.